The van der Waals surface area contributed by atoms with Crippen LogP contribution in [0.15, 0.2) is 0 Å². The maximum absolute atomic E-state index is 8.71. The molecule has 0 atom stereocenters. The maximum atomic E-state index is 8.71. The monoisotopic (exact) mass is 162 g/mol. The van der Waals surface area contributed by atoms with Crippen LogP contribution in [0.3, 0.4) is 0 Å². The quantitative estimate of drug-likeness (QED) is 0.443. The summed E-state index contributed by atoms with van der Waals surface area (Å²) in [6.07, 6.45) is 1.06. The molecule has 1 N–H and O–H groups in total. The molecular weight excluding hydrogens is 142 g/mol. The number of hydrogen-bond acceptors (Lipinski definition) is 2. The van der Waals surface area contributed by atoms with Crippen molar-refractivity contribution in [2.75, 3.05) is 47.5 Å². The van der Waals surface area contributed by atoms with Crippen molar-refractivity contribution in [2.45, 2.75) is 6.42 Å². The summed E-state index contributed by atoms with van der Waals surface area (Å²) >= 11 is 0. The number of nitrogens with zero attached hydrogens (tertiary/aromatic N) is 1. The van der Waals surface area contributed by atoms with Gasteiger partial charge in [-0.15, -0.1) is 0 Å². The molecule has 68 valence electrons. The molecule has 0 aliphatic carbocycles. The second-order valence-electron chi connectivity index (χ2n) is 3.45. The minimum atomic E-state index is 0.264. The highest BCUT2D eigenvalue weighted by Crippen LogP contribution is 1.97. The number of hydrogen-bond donors (Lipinski definition) is 1. The van der Waals surface area contributed by atoms with Crippen LogP contribution in [0.2, 0.25) is 0 Å². The van der Waals surface area contributed by atoms with Crippen molar-refractivity contribution >= 4 is 0 Å². The Labute approximate surface area is 69.2 Å². The second kappa shape index (κ2) is 5.52. The molecule has 0 aliphatic heterocycles. The van der Waals surface area contributed by atoms with E-state index in [4.69, 9.17) is 9.84 Å². The fourth-order valence-corrected chi connectivity index (χ4v) is 1.02. The molecule has 0 fully saturated rings. The topological polar surface area (TPSA) is 29.5 Å². The van der Waals surface area contributed by atoms with Gasteiger partial charge >= 0.3 is 0 Å². The zero-order valence-electron chi connectivity index (χ0n) is 7.84. The molecule has 3 heteroatoms. The first-order valence-corrected chi connectivity index (χ1v) is 4.04. The molecule has 3 nitrogen and oxygen atoms in total. The number of methoxy groups -OCH3 is 1. The van der Waals surface area contributed by atoms with E-state index in [9.17, 15) is 0 Å². The molecule has 0 aromatic rings. The van der Waals surface area contributed by atoms with Crippen LogP contribution in [-0.4, -0.2) is 57.1 Å². The van der Waals surface area contributed by atoms with Gasteiger partial charge in [0.1, 0.15) is 6.54 Å². The van der Waals surface area contributed by atoms with Crippen LogP contribution in [0.5, 0.6) is 0 Å². The third-order valence-electron chi connectivity index (χ3n) is 1.82. The van der Waals surface area contributed by atoms with Crippen LogP contribution in [0.4, 0.5) is 0 Å². The molecule has 0 aromatic carbocycles. The highest BCUT2D eigenvalue weighted by molar-refractivity contribution is 4.35. The fraction of sp³-hybridized carbons (Fsp3) is 1.00. The zero-order valence-corrected chi connectivity index (χ0v) is 7.84. The van der Waals surface area contributed by atoms with Crippen molar-refractivity contribution in [3.05, 3.63) is 0 Å². The summed E-state index contributed by atoms with van der Waals surface area (Å²) < 4.78 is 5.82. The Morgan fingerprint density at radius 2 is 1.91 bits per heavy atom. The third kappa shape index (κ3) is 6.28. The van der Waals surface area contributed by atoms with Crippen LogP contribution in [0, 0.1) is 0 Å². The van der Waals surface area contributed by atoms with E-state index in [1.807, 2.05) is 0 Å². The van der Waals surface area contributed by atoms with Crippen LogP contribution < -0.4 is 0 Å². The lowest BCUT2D eigenvalue weighted by Crippen LogP contribution is -2.42. The van der Waals surface area contributed by atoms with Crippen molar-refractivity contribution in [2.24, 2.45) is 0 Å². The molecule has 0 unspecified atom stereocenters. The third-order valence-corrected chi connectivity index (χ3v) is 1.82. The summed E-state index contributed by atoms with van der Waals surface area (Å²) in [6, 6.07) is 0. The van der Waals surface area contributed by atoms with Crippen molar-refractivity contribution in [3.8, 4) is 0 Å². The van der Waals surface area contributed by atoms with Gasteiger partial charge in [0.2, 0.25) is 0 Å². The lowest BCUT2D eigenvalue weighted by atomic mass is 10.3. The zero-order chi connectivity index (χ0) is 8.74. The van der Waals surface area contributed by atoms with Gasteiger partial charge in [0.05, 0.1) is 33.9 Å². The highest BCUT2D eigenvalue weighted by atomic mass is 16.5. The van der Waals surface area contributed by atoms with Crippen LogP contribution >= 0.6 is 0 Å². The molecule has 0 bridgehead atoms. The standard InChI is InChI=1S/C8H20NO2/c1-9(2,6-7-10)5-4-8-11-3/h10H,4-8H2,1-3H3/q+1. The van der Waals surface area contributed by atoms with Gasteiger partial charge in [-0.25, -0.2) is 0 Å². The van der Waals surface area contributed by atoms with Crippen molar-refractivity contribution in [1.29, 1.82) is 0 Å². The number of rotatable bonds is 6. The SMILES string of the molecule is COCCC[N+](C)(C)CCO. The number of quaternary nitrogens is 1. The maximum Gasteiger partial charge on any atom is 0.102 e. The van der Waals surface area contributed by atoms with Crippen LogP contribution in [0.25, 0.3) is 0 Å². The van der Waals surface area contributed by atoms with E-state index in [0.29, 0.717) is 0 Å². The molecule has 0 rings (SSSR count). The lowest BCUT2D eigenvalue weighted by molar-refractivity contribution is -0.890. The van der Waals surface area contributed by atoms with Gasteiger partial charge in [-0.2, -0.15) is 0 Å². The Morgan fingerprint density at radius 3 is 2.36 bits per heavy atom. The largest absolute Gasteiger partial charge is 0.391 e. The van der Waals surface area contributed by atoms with Gasteiger partial charge in [-0.05, 0) is 0 Å². The first-order valence-electron chi connectivity index (χ1n) is 4.04. The van der Waals surface area contributed by atoms with Crippen molar-refractivity contribution in [3.63, 3.8) is 0 Å². The Morgan fingerprint density at radius 1 is 1.27 bits per heavy atom. The molecule has 0 aromatic heterocycles. The van der Waals surface area contributed by atoms with Gasteiger partial charge in [0, 0.05) is 13.5 Å². The first kappa shape index (κ1) is 10.9. The molecule has 0 amide bonds. The minimum Gasteiger partial charge on any atom is -0.391 e. The average Bonchev–Trinajstić information content (AvgIpc) is 1.87. The Hall–Kier alpha value is -0.120. The van der Waals surface area contributed by atoms with Gasteiger partial charge in [0.15, 0.2) is 0 Å². The Kier molecular flexibility index (Phi) is 5.46. The predicted octanol–water partition coefficient (Wildman–Crippen LogP) is 0.0916. The van der Waals surface area contributed by atoms with Crippen molar-refractivity contribution < 1.29 is 14.3 Å². The normalized spacial score (nSPS) is 12.0. The molecule has 11 heavy (non-hydrogen) atoms. The minimum absolute atomic E-state index is 0.264. The molecule has 0 aliphatic rings. The van der Waals surface area contributed by atoms with Gasteiger partial charge in [-0.3, -0.25) is 0 Å². The van der Waals surface area contributed by atoms with E-state index in [2.05, 4.69) is 14.1 Å². The fourth-order valence-electron chi connectivity index (χ4n) is 1.02. The summed E-state index contributed by atoms with van der Waals surface area (Å²) in [5, 5.41) is 8.71. The van der Waals surface area contributed by atoms with Crippen LogP contribution in [-0.2, 0) is 4.74 Å². The smallest absolute Gasteiger partial charge is 0.102 e. The summed E-state index contributed by atoms with van der Waals surface area (Å²) in [5.74, 6) is 0. The predicted molar refractivity (Wildman–Crippen MR) is 45.4 cm³/mol. The first-order chi connectivity index (χ1) is 5.12. The molecule has 0 radical (unpaired) electrons. The van der Waals surface area contributed by atoms with Gasteiger partial charge in [0.25, 0.3) is 0 Å². The molecule has 0 heterocycles. The van der Waals surface area contributed by atoms with Crippen molar-refractivity contribution in [1.82, 2.24) is 0 Å². The second-order valence-corrected chi connectivity index (χ2v) is 3.45. The van der Waals surface area contributed by atoms with E-state index in [1.54, 1.807) is 7.11 Å². The number of likely N-dealkylation sites (N-methyl/N-ethyl adjacent to an activating group) is 1. The van der Waals surface area contributed by atoms with Gasteiger partial charge in [-0.1, -0.05) is 0 Å². The van der Waals surface area contributed by atoms with E-state index >= 15 is 0 Å². The summed E-state index contributed by atoms with van der Waals surface area (Å²) in [7, 11) is 5.95. The molecule has 0 spiro atoms. The number of aliphatic hydroxyl groups excluding tert-OH is 1. The van der Waals surface area contributed by atoms with Crippen LogP contribution in [0.1, 0.15) is 6.42 Å². The summed E-state index contributed by atoms with van der Waals surface area (Å²) in [6.45, 7) is 2.96. The molecule has 0 saturated carbocycles. The van der Waals surface area contributed by atoms with E-state index < -0.39 is 0 Å². The highest BCUT2D eigenvalue weighted by Gasteiger charge is 2.12. The Bertz CT molecular complexity index is 94.1. The number of aliphatic hydroxyl groups is 1. The lowest BCUT2D eigenvalue weighted by Gasteiger charge is -2.28. The van der Waals surface area contributed by atoms with E-state index in [-0.39, 0.29) is 6.61 Å². The summed E-state index contributed by atoms with van der Waals surface area (Å²) in [4.78, 5) is 0. The molecular formula is C8H20NO2+. The summed E-state index contributed by atoms with van der Waals surface area (Å²) in [5.41, 5.74) is 0. The van der Waals surface area contributed by atoms with E-state index in [0.717, 1.165) is 30.6 Å². The Balaban J connectivity index is 3.38. The average molecular weight is 162 g/mol. The number of ether oxygens (including phenoxy) is 1. The van der Waals surface area contributed by atoms with Gasteiger partial charge < -0.3 is 14.3 Å². The molecule has 0 saturated heterocycles. The van der Waals surface area contributed by atoms with E-state index in [1.165, 1.54) is 0 Å².